The van der Waals surface area contributed by atoms with Crippen molar-refractivity contribution in [2.75, 3.05) is 13.1 Å². The lowest BCUT2D eigenvalue weighted by atomic mass is 10.1. The van der Waals surface area contributed by atoms with Crippen molar-refractivity contribution >= 4 is 29.9 Å². The highest BCUT2D eigenvalue weighted by molar-refractivity contribution is 6.30. The summed E-state index contributed by atoms with van der Waals surface area (Å²) in [4.78, 5) is 11.5. The molecule has 1 rings (SSSR count). The van der Waals surface area contributed by atoms with Gasteiger partial charge in [-0.15, -0.1) is 12.4 Å². The van der Waals surface area contributed by atoms with Crippen LogP contribution < -0.4 is 11.1 Å². The van der Waals surface area contributed by atoms with E-state index in [1.807, 2.05) is 6.92 Å². The van der Waals surface area contributed by atoms with E-state index in [4.69, 9.17) is 17.3 Å². The van der Waals surface area contributed by atoms with Crippen LogP contribution in [0.5, 0.6) is 0 Å². The molecule has 0 spiro atoms. The first-order valence-electron chi connectivity index (χ1n) is 4.39. The number of nitrogens with two attached hydrogens (primary N) is 1. The van der Waals surface area contributed by atoms with E-state index in [9.17, 15) is 4.79 Å². The van der Waals surface area contributed by atoms with Crippen molar-refractivity contribution in [1.82, 2.24) is 5.32 Å². The molecule has 0 atom stereocenters. The molecule has 0 saturated carbocycles. The summed E-state index contributed by atoms with van der Waals surface area (Å²) < 4.78 is 0. The van der Waals surface area contributed by atoms with Crippen LogP contribution >= 0.6 is 24.0 Å². The number of halogens is 2. The van der Waals surface area contributed by atoms with Crippen LogP contribution in [0.4, 0.5) is 0 Å². The second-order valence-corrected chi connectivity index (χ2v) is 3.44. The van der Waals surface area contributed by atoms with Crippen LogP contribution in [0.3, 0.4) is 0 Å². The van der Waals surface area contributed by atoms with Gasteiger partial charge in [0.25, 0.3) is 5.91 Å². The lowest BCUT2D eigenvalue weighted by Gasteiger charge is -2.06. The molecule has 1 aromatic rings. The van der Waals surface area contributed by atoms with Gasteiger partial charge in [0.1, 0.15) is 0 Å². The van der Waals surface area contributed by atoms with Gasteiger partial charge in [-0.3, -0.25) is 4.79 Å². The summed E-state index contributed by atoms with van der Waals surface area (Å²) in [7, 11) is 0. The van der Waals surface area contributed by atoms with Crippen LogP contribution in [-0.4, -0.2) is 19.0 Å². The SMILES string of the molecule is Cc1cc(Cl)ccc1C(=O)NCCN.Cl. The van der Waals surface area contributed by atoms with Gasteiger partial charge in [-0.25, -0.2) is 0 Å². The Morgan fingerprint density at radius 1 is 1.53 bits per heavy atom. The zero-order chi connectivity index (χ0) is 10.6. The molecular formula is C10H14Cl2N2O. The van der Waals surface area contributed by atoms with Crippen LogP contribution in [0.25, 0.3) is 0 Å². The first-order valence-corrected chi connectivity index (χ1v) is 4.77. The molecule has 0 saturated heterocycles. The van der Waals surface area contributed by atoms with Gasteiger partial charge in [0.2, 0.25) is 0 Å². The molecule has 0 bridgehead atoms. The molecule has 15 heavy (non-hydrogen) atoms. The smallest absolute Gasteiger partial charge is 0.251 e. The van der Waals surface area contributed by atoms with Crippen molar-refractivity contribution in [3.63, 3.8) is 0 Å². The zero-order valence-electron chi connectivity index (χ0n) is 8.42. The van der Waals surface area contributed by atoms with Crippen LogP contribution in [0.15, 0.2) is 18.2 Å². The molecule has 84 valence electrons. The summed E-state index contributed by atoms with van der Waals surface area (Å²) in [6.07, 6.45) is 0. The van der Waals surface area contributed by atoms with Gasteiger partial charge in [0.05, 0.1) is 0 Å². The quantitative estimate of drug-likeness (QED) is 0.857. The first kappa shape index (κ1) is 14.2. The van der Waals surface area contributed by atoms with Gasteiger partial charge in [0.15, 0.2) is 0 Å². The number of aryl methyl sites for hydroxylation is 1. The fraction of sp³-hybridized carbons (Fsp3) is 0.300. The van der Waals surface area contributed by atoms with E-state index in [1.165, 1.54) is 0 Å². The summed E-state index contributed by atoms with van der Waals surface area (Å²) in [5.41, 5.74) is 6.79. The lowest BCUT2D eigenvalue weighted by Crippen LogP contribution is -2.29. The maximum atomic E-state index is 11.5. The molecule has 0 radical (unpaired) electrons. The summed E-state index contributed by atoms with van der Waals surface area (Å²) in [6.45, 7) is 2.78. The number of amides is 1. The number of nitrogens with one attached hydrogen (secondary N) is 1. The van der Waals surface area contributed by atoms with Gasteiger partial charge < -0.3 is 11.1 Å². The highest BCUT2D eigenvalue weighted by Gasteiger charge is 2.07. The molecule has 0 aromatic heterocycles. The summed E-state index contributed by atoms with van der Waals surface area (Å²) in [6, 6.07) is 5.17. The van der Waals surface area contributed by atoms with Crippen molar-refractivity contribution in [2.24, 2.45) is 5.73 Å². The third-order valence-corrected chi connectivity index (χ3v) is 2.10. The Bertz CT molecular complexity index is 342. The minimum atomic E-state index is -0.107. The normalized spacial score (nSPS) is 9.27. The second kappa shape index (κ2) is 6.67. The van der Waals surface area contributed by atoms with E-state index in [2.05, 4.69) is 5.32 Å². The second-order valence-electron chi connectivity index (χ2n) is 3.00. The number of carbonyl (C=O) groups excluding carboxylic acids is 1. The van der Waals surface area contributed by atoms with E-state index in [-0.39, 0.29) is 18.3 Å². The lowest BCUT2D eigenvalue weighted by molar-refractivity contribution is 0.0954. The number of hydrogen-bond acceptors (Lipinski definition) is 2. The Labute approximate surface area is 100 Å². The largest absolute Gasteiger partial charge is 0.351 e. The number of carbonyl (C=O) groups is 1. The van der Waals surface area contributed by atoms with Crippen LogP contribution in [0, 0.1) is 6.92 Å². The predicted octanol–water partition coefficient (Wildman–Crippen LogP) is 1.76. The minimum Gasteiger partial charge on any atom is -0.351 e. The molecular weight excluding hydrogens is 235 g/mol. The Kier molecular flexibility index (Phi) is 6.32. The molecule has 5 heteroatoms. The zero-order valence-corrected chi connectivity index (χ0v) is 9.99. The highest BCUT2D eigenvalue weighted by Crippen LogP contribution is 2.14. The van der Waals surface area contributed by atoms with Gasteiger partial charge in [-0.05, 0) is 30.7 Å². The van der Waals surface area contributed by atoms with Crippen molar-refractivity contribution < 1.29 is 4.79 Å². The fourth-order valence-corrected chi connectivity index (χ4v) is 1.39. The number of benzene rings is 1. The molecule has 0 unspecified atom stereocenters. The monoisotopic (exact) mass is 248 g/mol. The Morgan fingerprint density at radius 2 is 2.20 bits per heavy atom. The Morgan fingerprint density at radius 3 is 2.73 bits per heavy atom. The van der Waals surface area contributed by atoms with Gasteiger partial charge >= 0.3 is 0 Å². The minimum absolute atomic E-state index is 0. The van der Waals surface area contributed by atoms with E-state index in [0.717, 1.165) is 5.56 Å². The van der Waals surface area contributed by atoms with Crippen LogP contribution in [-0.2, 0) is 0 Å². The average molecular weight is 249 g/mol. The predicted molar refractivity (Wildman–Crippen MR) is 64.8 cm³/mol. The Balaban J connectivity index is 0.00000196. The topological polar surface area (TPSA) is 55.1 Å². The molecule has 0 aliphatic heterocycles. The molecule has 0 aliphatic carbocycles. The third kappa shape index (κ3) is 4.08. The summed E-state index contributed by atoms with van der Waals surface area (Å²) in [5, 5.41) is 3.34. The Hall–Kier alpha value is -0.770. The summed E-state index contributed by atoms with van der Waals surface area (Å²) in [5.74, 6) is -0.107. The number of rotatable bonds is 3. The third-order valence-electron chi connectivity index (χ3n) is 1.86. The van der Waals surface area contributed by atoms with Crippen LogP contribution in [0.2, 0.25) is 5.02 Å². The maximum Gasteiger partial charge on any atom is 0.251 e. The molecule has 3 nitrogen and oxygen atoms in total. The molecule has 3 N–H and O–H groups in total. The molecule has 0 heterocycles. The van der Waals surface area contributed by atoms with E-state index < -0.39 is 0 Å². The van der Waals surface area contributed by atoms with Crippen molar-refractivity contribution in [1.29, 1.82) is 0 Å². The number of hydrogen-bond donors (Lipinski definition) is 2. The van der Waals surface area contributed by atoms with E-state index in [0.29, 0.717) is 23.7 Å². The summed E-state index contributed by atoms with van der Waals surface area (Å²) >= 11 is 5.77. The van der Waals surface area contributed by atoms with Crippen LogP contribution in [0.1, 0.15) is 15.9 Å². The highest BCUT2D eigenvalue weighted by atomic mass is 35.5. The molecule has 1 aromatic carbocycles. The maximum absolute atomic E-state index is 11.5. The fourth-order valence-electron chi connectivity index (χ4n) is 1.16. The van der Waals surface area contributed by atoms with E-state index >= 15 is 0 Å². The first-order chi connectivity index (χ1) is 6.65. The van der Waals surface area contributed by atoms with Gasteiger partial charge in [0, 0.05) is 23.7 Å². The molecule has 0 fully saturated rings. The van der Waals surface area contributed by atoms with E-state index in [1.54, 1.807) is 18.2 Å². The molecule has 1 amide bonds. The van der Waals surface area contributed by atoms with Crippen molar-refractivity contribution in [3.05, 3.63) is 34.3 Å². The molecule has 0 aliphatic rings. The van der Waals surface area contributed by atoms with Crippen molar-refractivity contribution in [2.45, 2.75) is 6.92 Å². The van der Waals surface area contributed by atoms with Gasteiger partial charge in [-0.1, -0.05) is 11.6 Å². The van der Waals surface area contributed by atoms with Gasteiger partial charge in [-0.2, -0.15) is 0 Å². The average Bonchev–Trinajstić information content (AvgIpc) is 2.14. The standard InChI is InChI=1S/C10H13ClN2O.ClH/c1-7-6-8(11)2-3-9(7)10(14)13-5-4-12;/h2-3,6H,4-5,12H2,1H3,(H,13,14);1H. The van der Waals surface area contributed by atoms with Crippen molar-refractivity contribution in [3.8, 4) is 0 Å².